The van der Waals surface area contributed by atoms with Crippen molar-refractivity contribution in [3.63, 3.8) is 0 Å². The fourth-order valence-electron chi connectivity index (χ4n) is 2.03. The van der Waals surface area contributed by atoms with Crippen molar-refractivity contribution >= 4 is 11.6 Å². The highest BCUT2D eigenvalue weighted by Crippen LogP contribution is 2.15. The van der Waals surface area contributed by atoms with Gasteiger partial charge in [-0.25, -0.2) is 0 Å². The molecule has 0 saturated heterocycles. The molecule has 21 heavy (non-hydrogen) atoms. The highest BCUT2D eigenvalue weighted by atomic mass is 16.2. The lowest BCUT2D eigenvalue weighted by molar-refractivity contribution is -0.129. The van der Waals surface area contributed by atoms with E-state index in [4.69, 9.17) is 10.5 Å². The predicted molar refractivity (Wildman–Crippen MR) is 81.4 cm³/mol. The Hall–Kier alpha value is -2.53. The number of nitriles is 2. The quantitative estimate of drug-likeness (QED) is 0.833. The normalized spacial score (nSPS) is 9.52. The number of nitrogens with zero attached hydrogens (tertiary/aromatic N) is 3. The van der Waals surface area contributed by atoms with Crippen LogP contribution >= 0.6 is 0 Å². The fraction of sp³-hybridized carbons (Fsp3) is 0.438. The minimum absolute atomic E-state index is 0.0968. The zero-order valence-electron chi connectivity index (χ0n) is 12.5. The van der Waals surface area contributed by atoms with Gasteiger partial charge >= 0.3 is 0 Å². The number of benzene rings is 1. The fourth-order valence-corrected chi connectivity index (χ4v) is 2.03. The van der Waals surface area contributed by atoms with Crippen LogP contribution in [0.25, 0.3) is 0 Å². The van der Waals surface area contributed by atoms with Crippen LogP contribution in [0.2, 0.25) is 0 Å². The van der Waals surface area contributed by atoms with E-state index in [9.17, 15) is 4.79 Å². The Morgan fingerprint density at radius 1 is 1.19 bits per heavy atom. The first-order valence-electron chi connectivity index (χ1n) is 6.91. The summed E-state index contributed by atoms with van der Waals surface area (Å²) in [4.78, 5) is 13.7. The molecule has 0 fully saturated rings. The van der Waals surface area contributed by atoms with Crippen LogP contribution < -0.4 is 5.32 Å². The smallest absolute Gasteiger partial charge is 0.241 e. The molecule has 0 saturated carbocycles. The molecular weight excluding hydrogens is 264 g/mol. The standard InChI is InChI=1S/C16H20N4O/c1-13-5-6-15(14(2)11-13)19-12-16(21)20(9-3-7-17)10-4-8-18/h5-6,11,19H,3-4,9-10,12H2,1-2H3. The summed E-state index contributed by atoms with van der Waals surface area (Å²) >= 11 is 0. The second-order valence-electron chi connectivity index (χ2n) is 4.87. The number of amides is 1. The number of anilines is 1. The molecule has 0 aromatic heterocycles. The summed E-state index contributed by atoms with van der Waals surface area (Å²) in [6, 6.07) is 10.0. The van der Waals surface area contributed by atoms with Gasteiger partial charge in [0.25, 0.3) is 0 Å². The Morgan fingerprint density at radius 2 is 1.81 bits per heavy atom. The second-order valence-corrected chi connectivity index (χ2v) is 4.87. The number of aryl methyl sites for hydroxylation is 2. The molecule has 0 unspecified atom stereocenters. The minimum Gasteiger partial charge on any atom is -0.376 e. The zero-order chi connectivity index (χ0) is 15.7. The second kappa shape index (κ2) is 8.60. The number of rotatable bonds is 7. The first-order chi connectivity index (χ1) is 10.1. The van der Waals surface area contributed by atoms with Gasteiger partial charge in [0.15, 0.2) is 0 Å². The Balaban J connectivity index is 2.60. The molecule has 110 valence electrons. The first-order valence-corrected chi connectivity index (χ1v) is 6.91. The van der Waals surface area contributed by atoms with Crippen LogP contribution in [0, 0.1) is 36.5 Å². The third kappa shape index (κ3) is 5.54. The largest absolute Gasteiger partial charge is 0.376 e. The number of carbonyl (C=O) groups is 1. The molecule has 1 N–H and O–H groups in total. The molecule has 1 aromatic rings. The molecule has 0 aliphatic heterocycles. The summed E-state index contributed by atoms with van der Waals surface area (Å²) in [6.07, 6.45) is 0.557. The molecule has 5 heteroatoms. The van der Waals surface area contributed by atoms with Crippen molar-refractivity contribution in [2.45, 2.75) is 26.7 Å². The molecule has 1 aromatic carbocycles. The average molecular weight is 284 g/mol. The van der Waals surface area contributed by atoms with Crippen LogP contribution in [0.1, 0.15) is 24.0 Å². The molecule has 0 bridgehead atoms. The van der Waals surface area contributed by atoms with Gasteiger partial charge in [-0.1, -0.05) is 17.7 Å². The lowest BCUT2D eigenvalue weighted by Crippen LogP contribution is -2.37. The number of hydrogen-bond donors (Lipinski definition) is 1. The van der Waals surface area contributed by atoms with Crippen LogP contribution in [-0.2, 0) is 4.79 Å². The van der Waals surface area contributed by atoms with Crippen molar-refractivity contribution in [2.24, 2.45) is 0 Å². The van der Waals surface area contributed by atoms with Crippen molar-refractivity contribution in [3.8, 4) is 12.1 Å². The van der Waals surface area contributed by atoms with Crippen molar-refractivity contribution < 1.29 is 4.79 Å². The highest BCUT2D eigenvalue weighted by molar-refractivity contribution is 5.81. The molecule has 0 atom stereocenters. The summed E-state index contributed by atoms with van der Waals surface area (Å²) in [6.45, 7) is 4.91. The number of hydrogen-bond acceptors (Lipinski definition) is 4. The van der Waals surface area contributed by atoms with Gasteiger partial charge in [0.05, 0.1) is 31.5 Å². The van der Waals surface area contributed by atoms with Crippen LogP contribution in [-0.4, -0.2) is 30.4 Å². The number of nitrogens with one attached hydrogen (secondary N) is 1. The number of carbonyl (C=O) groups excluding carboxylic acids is 1. The predicted octanol–water partition coefficient (Wildman–Crippen LogP) is 2.37. The van der Waals surface area contributed by atoms with Crippen LogP contribution in [0.3, 0.4) is 0 Å². The summed E-state index contributed by atoms with van der Waals surface area (Å²) in [5.41, 5.74) is 3.19. The SMILES string of the molecule is Cc1ccc(NCC(=O)N(CCC#N)CCC#N)c(C)c1. The maximum atomic E-state index is 12.2. The van der Waals surface area contributed by atoms with Crippen molar-refractivity contribution in [1.82, 2.24) is 4.90 Å². The molecule has 1 amide bonds. The van der Waals surface area contributed by atoms with E-state index in [0.717, 1.165) is 11.3 Å². The highest BCUT2D eigenvalue weighted by Gasteiger charge is 2.12. The Kier molecular flexibility index (Phi) is 6.77. The van der Waals surface area contributed by atoms with Gasteiger partial charge in [0, 0.05) is 18.8 Å². The lowest BCUT2D eigenvalue weighted by Gasteiger charge is -2.21. The molecular formula is C16H20N4O. The van der Waals surface area contributed by atoms with Crippen LogP contribution in [0.15, 0.2) is 18.2 Å². The van der Waals surface area contributed by atoms with E-state index in [1.165, 1.54) is 5.56 Å². The monoisotopic (exact) mass is 284 g/mol. The summed E-state index contributed by atoms with van der Waals surface area (Å²) < 4.78 is 0. The molecule has 0 aliphatic carbocycles. The maximum Gasteiger partial charge on any atom is 0.241 e. The van der Waals surface area contributed by atoms with Gasteiger partial charge in [-0.2, -0.15) is 10.5 Å². The van der Waals surface area contributed by atoms with Gasteiger partial charge < -0.3 is 10.2 Å². The summed E-state index contributed by atoms with van der Waals surface area (Å²) in [5.74, 6) is -0.0968. The van der Waals surface area contributed by atoms with Crippen molar-refractivity contribution in [1.29, 1.82) is 10.5 Å². The molecule has 0 spiro atoms. The topological polar surface area (TPSA) is 79.9 Å². The van der Waals surface area contributed by atoms with E-state index in [1.807, 2.05) is 38.1 Å². The Bertz CT molecular complexity index is 551. The van der Waals surface area contributed by atoms with E-state index >= 15 is 0 Å². The summed E-state index contributed by atoms with van der Waals surface area (Å²) in [7, 11) is 0. The average Bonchev–Trinajstić information content (AvgIpc) is 2.46. The van der Waals surface area contributed by atoms with E-state index < -0.39 is 0 Å². The lowest BCUT2D eigenvalue weighted by atomic mass is 10.1. The third-order valence-electron chi connectivity index (χ3n) is 3.15. The van der Waals surface area contributed by atoms with Crippen LogP contribution in [0.5, 0.6) is 0 Å². The van der Waals surface area contributed by atoms with Gasteiger partial charge in [-0.05, 0) is 25.5 Å². The third-order valence-corrected chi connectivity index (χ3v) is 3.15. The van der Waals surface area contributed by atoms with Crippen molar-refractivity contribution in [2.75, 3.05) is 25.0 Å². The Morgan fingerprint density at radius 3 is 2.33 bits per heavy atom. The first kappa shape index (κ1) is 16.5. The van der Waals surface area contributed by atoms with E-state index in [-0.39, 0.29) is 25.3 Å². The van der Waals surface area contributed by atoms with Gasteiger partial charge in [-0.15, -0.1) is 0 Å². The maximum absolute atomic E-state index is 12.2. The zero-order valence-corrected chi connectivity index (χ0v) is 12.5. The van der Waals surface area contributed by atoms with Crippen molar-refractivity contribution in [3.05, 3.63) is 29.3 Å². The van der Waals surface area contributed by atoms with E-state index in [2.05, 4.69) is 11.4 Å². The van der Waals surface area contributed by atoms with Crippen LogP contribution in [0.4, 0.5) is 5.69 Å². The van der Waals surface area contributed by atoms with Gasteiger partial charge in [-0.3, -0.25) is 4.79 Å². The Labute approximate surface area is 125 Å². The van der Waals surface area contributed by atoms with E-state index in [0.29, 0.717) is 13.1 Å². The minimum atomic E-state index is -0.0968. The van der Waals surface area contributed by atoms with Gasteiger partial charge in [0.1, 0.15) is 0 Å². The summed E-state index contributed by atoms with van der Waals surface area (Å²) in [5, 5.41) is 20.4. The molecule has 0 radical (unpaired) electrons. The van der Waals surface area contributed by atoms with Gasteiger partial charge in [0.2, 0.25) is 5.91 Å². The molecule has 0 aliphatic rings. The molecule has 5 nitrogen and oxygen atoms in total. The molecule has 0 heterocycles. The van der Waals surface area contributed by atoms with E-state index in [1.54, 1.807) is 4.90 Å². The molecule has 1 rings (SSSR count).